The van der Waals surface area contributed by atoms with Crippen molar-refractivity contribution in [3.8, 4) is 5.75 Å². The second kappa shape index (κ2) is 5.18. The second-order valence-electron chi connectivity index (χ2n) is 3.87. The number of aryl methyl sites for hydroxylation is 1. The zero-order valence-corrected chi connectivity index (χ0v) is 10.3. The molecule has 0 saturated carbocycles. The van der Waals surface area contributed by atoms with Gasteiger partial charge in [-0.2, -0.15) is 0 Å². The Morgan fingerprint density at radius 2 is 2.28 bits per heavy atom. The molecule has 0 aliphatic carbocycles. The van der Waals surface area contributed by atoms with Gasteiger partial charge in [-0.25, -0.2) is 9.37 Å². The predicted octanol–water partition coefficient (Wildman–Crippen LogP) is 2.13. The molecule has 0 aliphatic rings. The zero-order chi connectivity index (χ0) is 13.1. The second-order valence-corrected chi connectivity index (χ2v) is 3.87. The normalized spacial score (nSPS) is 12.4. The van der Waals surface area contributed by atoms with Crippen LogP contribution in [0.4, 0.5) is 4.39 Å². The number of hydrogen-bond donors (Lipinski definition) is 1. The van der Waals surface area contributed by atoms with E-state index in [1.54, 1.807) is 17.0 Å². The number of aromatic nitrogens is 2. The highest BCUT2D eigenvalue weighted by atomic mass is 19.1. The topological polar surface area (TPSA) is 47.3 Å². The lowest BCUT2D eigenvalue weighted by atomic mass is 10.1. The summed E-state index contributed by atoms with van der Waals surface area (Å²) in [4.78, 5) is 3.96. The molecule has 0 radical (unpaired) electrons. The van der Waals surface area contributed by atoms with Crippen molar-refractivity contribution in [1.82, 2.24) is 9.55 Å². The number of halogens is 1. The van der Waals surface area contributed by atoms with E-state index < -0.39 is 11.9 Å². The molecule has 1 heterocycles. The number of methoxy groups -OCH3 is 1. The van der Waals surface area contributed by atoms with Gasteiger partial charge in [-0.1, -0.05) is 12.1 Å². The summed E-state index contributed by atoms with van der Waals surface area (Å²) >= 11 is 0. The van der Waals surface area contributed by atoms with Gasteiger partial charge in [0.1, 0.15) is 6.10 Å². The summed E-state index contributed by atoms with van der Waals surface area (Å²) in [7, 11) is 1.39. The monoisotopic (exact) mass is 250 g/mol. The Hall–Kier alpha value is -1.88. The van der Waals surface area contributed by atoms with Gasteiger partial charge in [0.25, 0.3) is 0 Å². The van der Waals surface area contributed by atoms with E-state index in [2.05, 4.69) is 4.98 Å². The lowest BCUT2D eigenvalue weighted by Crippen LogP contribution is -2.09. The summed E-state index contributed by atoms with van der Waals surface area (Å²) < 4.78 is 20.7. The van der Waals surface area contributed by atoms with E-state index >= 15 is 0 Å². The average Bonchev–Trinajstić information content (AvgIpc) is 2.86. The minimum Gasteiger partial charge on any atom is -0.494 e. The maximum Gasteiger partial charge on any atom is 0.171 e. The molecule has 18 heavy (non-hydrogen) atoms. The highest BCUT2D eigenvalue weighted by Gasteiger charge is 2.20. The molecule has 5 heteroatoms. The SMILES string of the molecule is CCn1cncc1C(O)c1cccc(OC)c1F. The van der Waals surface area contributed by atoms with Gasteiger partial charge in [0.15, 0.2) is 11.6 Å². The predicted molar refractivity (Wildman–Crippen MR) is 64.9 cm³/mol. The number of aliphatic hydroxyl groups is 1. The Kier molecular flexibility index (Phi) is 3.62. The largest absolute Gasteiger partial charge is 0.494 e. The van der Waals surface area contributed by atoms with Crippen LogP contribution in [0.2, 0.25) is 0 Å². The molecule has 0 amide bonds. The van der Waals surface area contributed by atoms with E-state index in [-0.39, 0.29) is 11.3 Å². The van der Waals surface area contributed by atoms with Crippen molar-refractivity contribution in [3.05, 3.63) is 47.8 Å². The fourth-order valence-electron chi connectivity index (χ4n) is 1.88. The van der Waals surface area contributed by atoms with Crippen molar-refractivity contribution in [2.75, 3.05) is 7.11 Å². The summed E-state index contributed by atoms with van der Waals surface area (Å²) in [6.45, 7) is 2.60. The smallest absolute Gasteiger partial charge is 0.171 e. The summed E-state index contributed by atoms with van der Waals surface area (Å²) in [6, 6.07) is 4.70. The molecule has 2 aromatic rings. The first-order valence-corrected chi connectivity index (χ1v) is 5.69. The van der Waals surface area contributed by atoms with Crippen LogP contribution in [0.3, 0.4) is 0 Å². The molecular formula is C13H15FN2O2. The molecule has 2 rings (SSSR count). The van der Waals surface area contributed by atoms with Crippen LogP contribution in [-0.4, -0.2) is 21.8 Å². The van der Waals surface area contributed by atoms with Gasteiger partial charge in [-0.05, 0) is 13.0 Å². The first-order valence-electron chi connectivity index (χ1n) is 5.69. The number of benzene rings is 1. The molecule has 1 N–H and O–H groups in total. The number of rotatable bonds is 4. The Labute approximate surface area is 105 Å². The van der Waals surface area contributed by atoms with Gasteiger partial charge < -0.3 is 14.4 Å². The lowest BCUT2D eigenvalue weighted by Gasteiger charge is -2.15. The maximum atomic E-state index is 14.0. The molecular weight excluding hydrogens is 235 g/mol. The van der Waals surface area contributed by atoms with Gasteiger partial charge in [0, 0.05) is 12.1 Å². The minimum atomic E-state index is -1.05. The molecule has 0 spiro atoms. The van der Waals surface area contributed by atoms with Gasteiger partial charge in [0.05, 0.1) is 25.3 Å². The van der Waals surface area contributed by atoms with Crippen molar-refractivity contribution in [2.24, 2.45) is 0 Å². The fraction of sp³-hybridized carbons (Fsp3) is 0.308. The molecule has 1 atom stereocenters. The maximum absolute atomic E-state index is 14.0. The van der Waals surface area contributed by atoms with E-state index in [1.165, 1.54) is 25.4 Å². The summed E-state index contributed by atoms with van der Waals surface area (Å²) in [5.41, 5.74) is 0.745. The number of imidazole rings is 1. The van der Waals surface area contributed by atoms with Gasteiger partial charge in [-0.15, -0.1) is 0 Å². The van der Waals surface area contributed by atoms with Gasteiger partial charge in [-0.3, -0.25) is 0 Å². The lowest BCUT2D eigenvalue weighted by molar-refractivity contribution is 0.203. The van der Waals surface area contributed by atoms with Crippen molar-refractivity contribution >= 4 is 0 Å². The first kappa shape index (κ1) is 12.6. The highest BCUT2D eigenvalue weighted by Crippen LogP contribution is 2.28. The van der Waals surface area contributed by atoms with E-state index in [9.17, 15) is 9.50 Å². The van der Waals surface area contributed by atoms with Crippen LogP contribution in [0.25, 0.3) is 0 Å². The standard InChI is InChI=1S/C13H15FN2O2/c1-3-16-8-15-7-10(16)13(17)9-5-4-6-11(18-2)12(9)14/h4-8,13,17H,3H2,1-2H3. The molecule has 0 fully saturated rings. The Balaban J connectivity index is 2.43. The van der Waals surface area contributed by atoms with E-state index in [4.69, 9.17) is 4.74 Å². The Bertz CT molecular complexity index is 540. The van der Waals surface area contributed by atoms with Crippen LogP contribution in [0.15, 0.2) is 30.7 Å². The summed E-state index contributed by atoms with van der Waals surface area (Å²) in [5.74, 6) is -0.425. The van der Waals surface area contributed by atoms with Crippen molar-refractivity contribution < 1.29 is 14.2 Å². The molecule has 1 aromatic heterocycles. The molecule has 0 bridgehead atoms. The first-order chi connectivity index (χ1) is 8.69. The van der Waals surface area contributed by atoms with Crippen LogP contribution in [0.5, 0.6) is 5.75 Å². The molecule has 0 saturated heterocycles. The van der Waals surface area contributed by atoms with Crippen LogP contribution in [0, 0.1) is 5.82 Å². The molecule has 1 aromatic carbocycles. The number of aliphatic hydroxyl groups excluding tert-OH is 1. The quantitative estimate of drug-likeness (QED) is 0.904. The average molecular weight is 250 g/mol. The third-order valence-electron chi connectivity index (χ3n) is 2.87. The third-order valence-corrected chi connectivity index (χ3v) is 2.87. The van der Waals surface area contributed by atoms with E-state index in [0.29, 0.717) is 12.2 Å². The number of ether oxygens (including phenoxy) is 1. The third kappa shape index (κ3) is 2.09. The van der Waals surface area contributed by atoms with Crippen LogP contribution < -0.4 is 4.74 Å². The Morgan fingerprint density at radius 3 is 2.94 bits per heavy atom. The van der Waals surface area contributed by atoms with Gasteiger partial charge >= 0.3 is 0 Å². The molecule has 0 aliphatic heterocycles. The number of nitrogens with zero attached hydrogens (tertiary/aromatic N) is 2. The van der Waals surface area contributed by atoms with Gasteiger partial charge in [0.2, 0.25) is 0 Å². The van der Waals surface area contributed by atoms with Crippen molar-refractivity contribution in [2.45, 2.75) is 19.6 Å². The zero-order valence-electron chi connectivity index (χ0n) is 10.3. The van der Waals surface area contributed by atoms with Crippen LogP contribution in [0.1, 0.15) is 24.3 Å². The Morgan fingerprint density at radius 1 is 1.50 bits per heavy atom. The van der Waals surface area contributed by atoms with Crippen LogP contribution in [-0.2, 0) is 6.54 Å². The summed E-state index contributed by atoms with van der Waals surface area (Å²) in [6.07, 6.45) is 2.09. The molecule has 1 unspecified atom stereocenters. The van der Waals surface area contributed by atoms with E-state index in [1.807, 2.05) is 6.92 Å². The number of hydrogen-bond acceptors (Lipinski definition) is 3. The highest BCUT2D eigenvalue weighted by molar-refractivity contribution is 5.35. The van der Waals surface area contributed by atoms with E-state index in [0.717, 1.165) is 0 Å². The minimum absolute atomic E-state index is 0.120. The summed E-state index contributed by atoms with van der Waals surface area (Å²) in [5, 5.41) is 10.2. The van der Waals surface area contributed by atoms with Crippen molar-refractivity contribution in [1.29, 1.82) is 0 Å². The van der Waals surface area contributed by atoms with Crippen molar-refractivity contribution in [3.63, 3.8) is 0 Å². The molecule has 96 valence electrons. The fourth-order valence-corrected chi connectivity index (χ4v) is 1.88. The van der Waals surface area contributed by atoms with Crippen LogP contribution >= 0.6 is 0 Å². The molecule has 4 nitrogen and oxygen atoms in total.